The monoisotopic (exact) mass is 337 g/mol. The molecule has 0 saturated carbocycles. The molecule has 0 radical (unpaired) electrons. The molecule has 5 heteroatoms. The average molecular weight is 338 g/mol. The topological polar surface area (TPSA) is 40.9 Å². The Labute approximate surface area is 121 Å². The predicted octanol–water partition coefficient (Wildman–Crippen LogP) is 3.77. The summed E-state index contributed by atoms with van der Waals surface area (Å²) >= 11 is 3.30. The first-order valence-electron chi connectivity index (χ1n) is 5.42. The molecular weight excluding hydrogens is 329 g/mol. The number of nitrogens with zero attached hydrogens (tertiary/aromatic N) is 1. The van der Waals surface area contributed by atoms with Crippen LogP contribution in [0.15, 0.2) is 51.8 Å². The molecule has 2 aromatic carbocycles. The molecule has 0 heterocycles. The van der Waals surface area contributed by atoms with Crippen LogP contribution in [-0.2, 0) is 16.6 Å². The van der Waals surface area contributed by atoms with E-state index < -0.39 is 16.6 Å². The van der Waals surface area contributed by atoms with Gasteiger partial charge in [0.2, 0.25) is 0 Å². The second-order valence-corrected chi connectivity index (χ2v) is 6.23. The molecule has 2 aromatic rings. The number of benzene rings is 2. The highest BCUT2D eigenvalue weighted by Gasteiger charge is 2.10. The van der Waals surface area contributed by atoms with Crippen LogP contribution in [0.5, 0.6) is 0 Å². The van der Waals surface area contributed by atoms with Crippen molar-refractivity contribution >= 4 is 26.7 Å². The molecule has 0 fully saturated rings. The van der Waals surface area contributed by atoms with E-state index in [1.807, 2.05) is 12.1 Å². The van der Waals surface area contributed by atoms with Crippen LogP contribution < -0.4 is 0 Å². The molecule has 0 bridgehead atoms. The van der Waals surface area contributed by atoms with Crippen LogP contribution in [0.1, 0.15) is 11.1 Å². The van der Waals surface area contributed by atoms with Crippen molar-refractivity contribution in [3.05, 3.63) is 63.9 Å². The van der Waals surface area contributed by atoms with E-state index in [1.165, 1.54) is 18.2 Å². The Morgan fingerprint density at radius 3 is 2.74 bits per heavy atom. The van der Waals surface area contributed by atoms with Gasteiger partial charge in [-0.2, -0.15) is 5.26 Å². The Hall–Kier alpha value is -1.51. The van der Waals surface area contributed by atoms with Crippen molar-refractivity contribution in [2.45, 2.75) is 10.6 Å². The maximum absolute atomic E-state index is 13.6. The summed E-state index contributed by atoms with van der Waals surface area (Å²) < 4.78 is 26.6. The van der Waals surface area contributed by atoms with Crippen molar-refractivity contribution in [1.82, 2.24) is 0 Å². The van der Waals surface area contributed by atoms with Gasteiger partial charge in [-0.15, -0.1) is 0 Å². The van der Waals surface area contributed by atoms with Crippen molar-refractivity contribution in [3.8, 4) is 6.07 Å². The van der Waals surface area contributed by atoms with E-state index in [2.05, 4.69) is 15.9 Å². The molecule has 0 N–H and O–H groups in total. The first-order valence-corrected chi connectivity index (χ1v) is 7.54. The third kappa shape index (κ3) is 3.49. The summed E-state index contributed by atoms with van der Waals surface area (Å²) in [6, 6.07) is 13.1. The summed E-state index contributed by atoms with van der Waals surface area (Å²) in [5.74, 6) is -0.389. The molecule has 1 atom stereocenters. The third-order valence-corrected chi connectivity index (χ3v) is 4.37. The van der Waals surface area contributed by atoms with Crippen molar-refractivity contribution in [1.29, 1.82) is 5.26 Å². The van der Waals surface area contributed by atoms with Crippen LogP contribution in [0.3, 0.4) is 0 Å². The highest BCUT2D eigenvalue weighted by atomic mass is 79.9. The van der Waals surface area contributed by atoms with Gasteiger partial charge >= 0.3 is 0 Å². The lowest BCUT2D eigenvalue weighted by atomic mass is 10.1. The largest absolute Gasteiger partial charge is 0.254 e. The van der Waals surface area contributed by atoms with Gasteiger partial charge in [0.05, 0.1) is 28.2 Å². The van der Waals surface area contributed by atoms with Crippen molar-refractivity contribution in [2.24, 2.45) is 0 Å². The third-order valence-electron chi connectivity index (χ3n) is 2.52. The van der Waals surface area contributed by atoms with Crippen molar-refractivity contribution in [2.75, 3.05) is 0 Å². The van der Waals surface area contributed by atoms with Crippen molar-refractivity contribution < 1.29 is 8.60 Å². The Kier molecular flexibility index (Phi) is 4.46. The molecular formula is C14H9BrFNOS. The fourth-order valence-electron chi connectivity index (χ4n) is 1.59. The summed E-state index contributed by atoms with van der Waals surface area (Å²) in [6.45, 7) is 0. The highest BCUT2D eigenvalue weighted by Crippen LogP contribution is 2.19. The molecule has 96 valence electrons. The van der Waals surface area contributed by atoms with E-state index in [1.54, 1.807) is 18.2 Å². The molecule has 2 nitrogen and oxygen atoms in total. The normalized spacial score (nSPS) is 11.8. The van der Waals surface area contributed by atoms with Gasteiger partial charge in [0.1, 0.15) is 5.82 Å². The van der Waals surface area contributed by atoms with Crippen LogP contribution in [0, 0.1) is 17.1 Å². The molecule has 0 aromatic heterocycles. The molecule has 0 aliphatic heterocycles. The zero-order valence-electron chi connectivity index (χ0n) is 9.77. The molecule has 0 spiro atoms. The predicted molar refractivity (Wildman–Crippen MR) is 75.4 cm³/mol. The van der Waals surface area contributed by atoms with Gasteiger partial charge in [-0.25, -0.2) is 4.39 Å². The van der Waals surface area contributed by atoms with Crippen LogP contribution in [0.4, 0.5) is 4.39 Å². The first-order chi connectivity index (χ1) is 9.10. The summed E-state index contributed by atoms with van der Waals surface area (Å²) in [7, 11) is -1.34. The second-order valence-electron chi connectivity index (χ2n) is 3.87. The zero-order valence-corrected chi connectivity index (χ0v) is 12.2. The first kappa shape index (κ1) is 13.9. The maximum Gasteiger partial charge on any atom is 0.127 e. The van der Waals surface area contributed by atoms with Gasteiger partial charge in [-0.3, -0.25) is 4.21 Å². The SMILES string of the molecule is N#Cc1ccc(F)c(CS(=O)c2cccc(Br)c2)c1. The van der Waals surface area contributed by atoms with Gasteiger partial charge in [0, 0.05) is 14.9 Å². The Balaban J connectivity index is 2.27. The minimum absolute atomic E-state index is 0.0534. The summed E-state index contributed by atoms with van der Waals surface area (Å²) in [5, 5.41) is 8.79. The number of rotatable bonds is 3. The Bertz CT molecular complexity index is 681. The number of nitriles is 1. The lowest BCUT2D eigenvalue weighted by Gasteiger charge is -2.05. The Morgan fingerprint density at radius 1 is 1.26 bits per heavy atom. The fourth-order valence-corrected chi connectivity index (χ4v) is 3.30. The Morgan fingerprint density at radius 2 is 2.05 bits per heavy atom. The second kappa shape index (κ2) is 6.09. The lowest BCUT2D eigenvalue weighted by molar-refractivity contribution is 0.615. The summed E-state index contributed by atoms with van der Waals surface area (Å²) in [4.78, 5) is 0.621. The molecule has 0 saturated heterocycles. The molecule has 0 aliphatic rings. The van der Waals surface area contributed by atoms with E-state index >= 15 is 0 Å². The van der Waals surface area contributed by atoms with Crippen LogP contribution in [-0.4, -0.2) is 4.21 Å². The summed E-state index contributed by atoms with van der Waals surface area (Å²) in [6.07, 6.45) is 0. The minimum atomic E-state index is -1.34. The van der Waals surface area contributed by atoms with E-state index in [4.69, 9.17) is 5.26 Å². The highest BCUT2D eigenvalue weighted by molar-refractivity contribution is 9.10. The fraction of sp³-hybridized carbons (Fsp3) is 0.0714. The van der Waals surface area contributed by atoms with Crippen LogP contribution >= 0.6 is 15.9 Å². The van der Waals surface area contributed by atoms with Crippen molar-refractivity contribution in [3.63, 3.8) is 0 Å². The van der Waals surface area contributed by atoms with Gasteiger partial charge in [0.15, 0.2) is 0 Å². The molecule has 2 rings (SSSR count). The smallest absolute Gasteiger partial charge is 0.127 e. The van der Waals surface area contributed by atoms with Gasteiger partial charge < -0.3 is 0 Å². The van der Waals surface area contributed by atoms with E-state index in [-0.39, 0.29) is 11.3 Å². The van der Waals surface area contributed by atoms with E-state index in [0.29, 0.717) is 10.5 Å². The van der Waals surface area contributed by atoms with E-state index in [0.717, 1.165) is 4.47 Å². The van der Waals surface area contributed by atoms with Gasteiger partial charge in [0.25, 0.3) is 0 Å². The number of halogens is 2. The van der Waals surface area contributed by atoms with Crippen LogP contribution in [0.25, 0.3) is 0 Å². The minimum Gasteiger partial charge on any atom is -0.254 e. The zero-order chi connectivity index (χ0) is 13.8. The lowest BCUT2D eigenvalue weighted by Crippen LogP contribution is -1.99. The average Bonchev–Trinajstić information content (AvgIpc) is 2.41. The maximum atomic E-state index is 13.6. The van der Waals surface area contributed by atoms with E-state index in [9.17, 15) is 8.60 Å². The van der Waals surface area contributed by atoms with Gasteiger partial charge in [-0.1, -0.05) is 22.0 Å². The number of hydrogen-bond acceptors (Lipinski definition) is 2. The number of hydrogen-bond donors (Lipinski definition) is 0. The molecule has 1 unspecified atom stereocenters. The molecule has 0 aliphatic carbocycles. The summed E-state index contributed by atoms with van der Waals surface area (Å²) in [5.41, 5.74) is 0.653. The van der Waals surface area contributed by atoms with Crippen LogP contribution in [0.2, 0.25) is 0 Å². The standard InChI is InChI=1S/C14H9BrFNOS/c15-12-2-1-3-13(7-12)19(18)9-11-6-10(8-17)4-5-14(11)16/h1-7H,9H2. The molecule has 19 heavy (non-hydrogen) atoms. The van der Waals surface area contributed by atoms with Gasteiger partial charge in [-0.05, 0) is 36.4 Å². The quantitative estimate of drug-likeness (QED) is 0.855. The molecule has 0 amide bonds.